The summed E-state index contributed by atoms with van der Waals surface area (Å²) in [7, 11) is 6.39. The zero-order chi connectivity index (χ0) is 18.3. The van der Waals surface area contributed by atoms with Gasteiger partial charge in [-0.05, 0) is 59.2 Å². The van der Waals surface area contributed by atoms with Crippen LogP contribution in [0.1, 0.15) is 67.9 Å². The normalized spacial score (nSPS) is 25.7. The van der Waals surface area contributed by atoms with E-state index < -0.39 is 0 Å². The lowest BCUT2D eigenvalue weighted by Crippen LogP contribution is -2.41. The minimum atomic E-state index is 0.136. The van der Waals surface area contributed by atoms with Crippen molar-refractivity contribution in [3.05, 3.63) is 29.7 Å². The lowest BCUT2D eigenvalue weighted by molar-refractivity contribution is 0.0784. The van der Waals surface area contributed by atoms with E-state index in [4.69, 9.17) is 4.52 Å². The summed E-state index contributed by atoms with van der Waals surface area (Å²) in [4.78, 5) is 9.47. The quantitative estimate of drug-likeness (QED) is 0.791. The molecule has 1 aliphatic carbocycles. The second kappa shape index (κ2) is 7.12. The first-order chi connectivity index (χ1) is 12.5. The molecule has 0 bridgehead atoms. The van der Waals surface area contributed by atoms with Gasteiger partial charge in [-0.25, -0.2) is 0 Å². The molecule has 26 heavy (non-hydrogen) atoms. The molecule has 0 unspecified atom stereocenters. The molecule has 0 spiro atoms. The first-order valence-corrected chi connectivity index (χ1v) is 9.75. The zero-order valence-electron chi connectivity index (χ0n) is 16.3. The number of hydrogen-bond acceptors (Lipinski definition) is 6. The van der Waals surface area contributed by atoms with E-state index in [-0.39, 0.29) is 6.04 Å². The van der Waals surface area contributed by atoms with Gasteiger partial charge in [0.05, 0.1) is 12.2 Å². The standard InChI is InChI=1S/C19H30N6O/c1-13(19-21-18(22-26-19)14-7-8-14)24(3)11-15-6-5-9-23(2)17(15)16-10-20-25(4)12-16/h10,12-15,17H,5-9,11H2,1-4H3/t13-,15+,17-/m1/s1. The van der Waals surface area contributed by atoms with Crippen LogP contribution in [0, 0.1) is 5.92 Å². The van der Waals surface area contributed by atoms with E-state index >= 15 is 0 Å². The summed E-state index contributed by atoms with van der Waals surface area (Å²) in [6, 6.07) is 0.550. The summed E-state index contributed by atoms with van der Waals surface area (Å²) in [5.41, 5.74) is 1.31. The average molecular weight is 358 g/mol. The largest absolute Gasteiger partial charge is 0.338 e. The fraction of sp³-hybridized carbons (Fsp3) is 0.737. The fourth-order valence-electron chi connectivity index (χ4n) is 4.21. The van der Waals surface area contributed by atoms with Gasteiger partial charge in [0, 0.05) is 37.3 Å². The molecule has 0 radical (unpaired) electrons. The number of likely N-dealkylation sites (tertiary alicyclic amines) is 1. The van der Waals surface area contributed by atoms with Gasteiger partial charge in [-0.2, -0.15) is 10.1 Å². The molecule has 1 saturated carbocycles. The van der Waals surface area contributed by atoms with Crippen molar-refractivity contribution in [2.24, 2.45) is 13.0 Å². The van der Waals surface area contributed by atoms with Gasteiger partial charge in [0.15, 0.2) is 5.82 Å². The molecule has 142 valence electrons. The van der Waals surface area contributed by atoms with Crippen LogP contribution in [0.5, 0.6) is 0 Å². The van der Waals surface area contributed by atoms with Gasteiger partial charge < -0.3 is 4.52 Å². The van der Waals surface area contributed by atoms with Crippen LogP contribution < -0.4 is 0 Å². The van der Waals surface area contributed by atoms with Crippen molar-refractivity contribution in [2.45, 2.75) is 50.6 Å². The summed E-state index contributed by atoms with van der Waals surface area (Å²) in [6.07, 6.45) is 9.05. The average Bonchev–Trinajstić information content (AvgIpc) is 3.19. The molecule has 2 aromatic heterocycles. The van der Waals surface area contributed by atoms with Crippen molar-refractivity contribution in [1.82, 2.24) is 29.7 Å². The van der Waals surface area contributed by atoms with Gasteiger partial charge in [-0.3, -0.25) is 14.5 Å². The summed E-state index contributed by atoms with van der Waals surface area (Å²) in [5.74, 6) is 2.74. The minimum Gasteiger partial charge on any atom is -0.338 e. The third kappa shape index (κ3) is 3.55. The van der Waals surface area contributed by atoms with Crippen molar-refractivity contribution >= 4 is 0 Å². The van der Waals surface area contributed by atoms with Crippen molar-refractivity contribution in [3.63, 3.8) is 0 Å². The lowest BCUT2D eigenvalue weighted by Gasteiger charge is -2.41. The molecule has 3 atom stereocenters. The molecule has 7 heteroatoms. The highest BCUT2D eigenvalue weighted by atomic mass is 16.5. The van der Waals surface area contributed by atoms with Gasteiger partial charge in [0.1, 0.15) is 0 Å². The van der Waals surface area contributed by atoms with Gasteiger partial charge >= 0.3 is 0 Å². The Hall–Kier alpha value is -1.73. The van der Waals surface area contributed by atoms with E-state index in [1.54, 1.807) is 0 Å². The van der Waals surface area contributed by atoms with Crippen LogP contribution in [0.3, 0.4) is 0 Å². The van der Waals surface area contributed by atoms with Crippen LogP contribution in [-0.2, 0) is 7.05 Å². The lowest BCUT2D eigenvalue weighted by atomic mass is 9.85. The number of piperidine rings is 1. The second-order valence-electron chi connectivity index (χ2n) is 8.16. The summed E-state index contributed by atoms with van der Waals surface area (Å²) in [5, 5.41) is 8.56. The first kappa shape index (κ1) is 17.7. The molecular formula is C19H30N6O. The fourth-order valence-corrected chi connectivity index (χ4v) is 4.21. The molecule has 0 aromatic carbocycles. The van der Waals surface area contributed by atoms with E-state index in [1.807, 2.05) is 17.9 Å². The Balaban J connectivity index is 1.46. The topological polar surface area (TPSA) is 63.2 Å². The summed E-state index contributed by atoms with van der Waals surface area (Å²) < 4.78 is 7.45. The Kier molecular flexibility index (Phi) is 4.84. The molecule has 0 amide bonds. The smallest absolute Gasteiger partial charge is 0.243 e. The monoisotopic (exact) mass is 358 g/mol. The molecule has 2 fully saturated rings. The Morgan fingerprint density at radius 3 is 2.81 bits per heavy atom. The maximum atomic E-state index is 5.55. The Morgan fingerprint density at radius 2 is 2.12 bits per heavy atom. The van der Waals surface area contributed by atoms with Crippen molar-refractivity contribution in [2.75, 3.05) is 27.2 Å². The zero-order valence-corrected chi connectivity index (χ0v) is 16.3. The van der Waals surface area contributed by atoms with Crippen molar-refractivity contribution in [1.29, 1.82) is 0 Å². The van der Waals surface area contributed by atoms with Crippen LogP contribution in [-0.4, -0.2) is 56.9 Å². The molecule has 1 aliphatic heterocycles. The highest BCUT2D eigenvalue weighted by Crippen LogP contribution is 2.39. The van der Waals surface area contributed by atoms with E-state index in [0.717, 1.165) is 24.8 Å². The molecule has 7 nitrogen and oxygen atoms in total. The Labute approximate surface area is 155 Å². The number of aryl methyl sites for hydroxylation is 1. The minimum absolute atomic E-state index is 0.136. The van der Waals surface area contributed by atoms with Crippen LogP contribution in [0.4, 0.5) is 0 Å². The molecule has 4 rings (SSSR count). The van der Waals surface area contributed by atoms with E-state index in [0.29, 0.717) is 17.9 Å². The Morgan fingerprint density at radius 1 is 1.31 bits per heavy atom. The predicted molar refractivity (Wildman–Crippen MR) is 98.6 cm³/mol. The maximum Gasteiger partial charge on any atom is 0.243 e. The maximum absolute atomic E-state index is 5.55. The van der Waals surface area contributed by atoms with E-state index in [1.165, 1.54) is 31.2 Å². The highest BCUT2D eigenvalue weighted by Gasteiger charge is 2.34. The Bertz CT molecular complexity index is 736. The van der Waals surface area contributed by atoms with Gasteiger partial charge in [-0.15, -0.1) is 0 Å². The number of nitrogens with zero attached hydrogens (tertiary/aromatic N) is 6. The predicted octanol–water partition coefficient (Wildman–Crippen LogP) is 2.76. The molecule has 1 saturated heterocycles. The molecule has 3 heterocycles. The number of aromatic nitrogens is 4. The van der Waals surface area contributed by atoms with E-state index in [2.05, 4.69) is 52.3 Å². The molecule has 2 aliphatic rings. The molecule has 2 aromatic rings. The van der Waals surface area contributed by atoms with Crippen molar-refractivity contribution < 1.29 is 4.52 Å². The van der Waals surface area contributed by atoms with Gasteiger partial charge in [-0.1, -0.05) is 5.16 Å². The summed E-state index contributed by atoms with van der Waals surface area (Å²) >= 11 is 0. The van der Waals surface area contributed by atoms with Crippen molar-refractivity contribution in [3.8, 4) is 0 Å². The number of hydrogen-bond donors (Lipinski definition) is 0. The van der Waals surface area contributed by atoms with Gasteiger partial charge in [0.2, 0.25) is 5.89 Å². The second-order valence-corrected chi connectivity index (χ2v) is 8.16. The third-order valence-corrected chi connectivity index (χ3v) is 6.01. The van der Waals surface area contributed by atoms with Gasteiger partial charge in [0.25, 0.3) is 0 Å². The number of rotatable bonds is 6. The van der Waals surface area contributed by atoms with E-state index in [9.17, 15) is 0 Å². The highest BCUT2D eigenvalue weighted by molar-refractivity contribution is 5.13. The first-order valence-electron chi connectivity index (χ1n) is 9.75. The SMILES string of the molecule is C[C@H](c1nc(C2CC2)no1)N(C)C[C@@H]1CCCN(C)[C@H]1c1cnn(C)c1. The van der Waals surface area contributed by atoms with Crippen LogP contribution in [0.25, 0.3) is 0 Å². The molecule has 0 N–H and O–H groups in total. The van der Waals surface area contributed by atoms with Crippen LogP contribution in [0.2, 0.25) is 0 Å². The third-order valence-electron chi connectivity index (χ3n) is 6.01. The van der Waals surface area contributed by atoms with Crippen LogP contribution >= 0.6 is 0 Å². The summed E-state index contributed by atoms with van der Waals surface area (Å²) in [6.45, 7) is 4.31. The molecular weight excluding hydrogens is 328 g/mol. The van der Waals surface area contributed by atoms with Crippen LogP contribution in [0.15, 0.2) is 16.9 Å².